The predicted molar refractivity (Wildman–Crippen MR) is 73.6 cm³/mol. The molecule has 1 rings (SSSR count). The van der Waals surface area contributed by atoms with Gasteiger partial charge in [0.25, 0.3) is 0 Å². The summed E-state index contributed by atoms with van der Waals surface area (Å²) < 4.78 is 0. The van der Waals surface area contributed by atoms with Gasteiger partial charge < -0.3 is 5.11 Å². The third-order valence-corrected chi connectivity index (χ3v) is 3.08. The number of nitrogens with zero attached hydrogens (tertiary/aromatic N) is 2. The van der Waals surface area contributed by atoms with Crippen molar-refractivity contribution < 1.29 is 9.90 Å². The van der Waals surface area contributed by atoms with Crippen LogP contribution in [-0.2, 0) is 11.3 Å². The maximum Gasteiger partial charge on any atom is 0.303 e. The molecule has 0 aromatic heterocycles. The van der Waals surface area contributed by atoms with Crippen LogP contribution in [0.2, 0.25) is 0 Å². The van der Waals surface area contributed by atoms with Gasteiger partial charge in [-0.15, -0.1) is 0 Å². The van der Waals surface area contributed by atoms with E-state index in [1.165, 1.54) is 0 Å². The van der Waals surface area contributed by atoms with Crippen LogP contribution in [0.5, 0.6) is 0 Å². The minimum absolute atomic E-state index is 0.184. The van der Waals surface area contributed by atoms with E-state index in [-0.39, 0.29) is 6.42 Å². The van der Waals surface area contributed by atoms with Crippen LogP contribution in [0, 0.1) is 11.3 Å². The smallest absolute Gasteiger partial charge is 0.303 e. The van der Waals surface area contributed by atoms with E-state index in [4.69, 9.17) is 10.4 Å². The van der Waals surface area contributed by atoms with Gasteiger partial charge in [-0.05, 0) is 38.4 Å². The lowest BCUT2D eigenvalue weighted by molar-refractivity contribution is -0.137. The van der Waals surface area contributed by atoms with Gasteiger partial charge in [-0.2, -0.15) is 5.26 Å². The molecule has 0 unspecified atom stereocenters. The minimum atomic E-state index is -0.763. The molecule has 0 fully saturated rings. The molecular formula is C15H20N2O2. The Morgan fingerprint density at radius 2 is 2.11 bits per heavy atom. The lowest BCUT2D eigenvalue weighted by Gasteiger charge is -2.26. The van der Waals surface area contributed by atoms with Crippen LogP contribution < -0.4 is 0 Å². The Kier molecular flexibility index (Phi) is 6.04. The van der Waals surface area contributed by atoms with Crippen molar-refractivity contribution in [3.63, 3.8) is 0 Å². The Hall–Kier alpha value is -1.86. The van der Waals surface area contributed by atoms with Crippen LogP contribution in [0.15, 0.2) is 24.3 Å². The number of carboxylic acid groups (broad SMARTS) is 1. The highest BCUT2D eigenvalue weighted by atomic mass is 16.4. The quantitative estimate of drug-likeness (QED) is 0.818. The summed E-state index contributed by atoms with van der Waals surface area (Å²) in [6.07, 6.45) is 0.811. The van der Waals surface area contributed by atoms with E-state index in [2.05, 4.69) is 24.8 Å². The largest absolute Gasteiger partial charge is 0.481 e. The highest BCUT2D eigenvalue weighted by Gasteiger charge is 2.12. The first-order chi connectivity index (χ1) is 9.04. The molecule has 102 valence electrons. The van der Waals surface area contributed by atoms with Crippen LogP contribution >= 0.6 is 0 Å². The van der Waals surface area contributed by atoms with Gasteiger partial charge in [0.1, 0.15) is 0 Å². The molecule has 0 saturated heterocycles. The number of hydrogen-bond donors (Lipinski definition) is 1. The highest BCUT2D eigenvalue weighted by Crippen LogP contribution is 2.13. The maximum absolute atomic E-state index is 10.5. The van der Waals surface area contributed by atoms with Crippen LogP contribution in [0.4, 0.5) is 0 Å². The average Bonchev–Trinajstić information content (AvgIpc) is 2.37. The molecule has 1 aromatic carbocycles. The Labute approximate surface area is 114 Å². The molecule has 0 aliphatic carbocycles. The first-order valence-electron chi connectivity index (χ1n) is 6.48. The summed E-state index contributed by atoms with van der Waals surface area (Å²) in [4.78, 5) is 12.7. The molecule has 0 saturated carbocycles. The molecule has 0 aliphatic rings. The van der Waals surface area contributed by atoms with Crippen molar-refractivity contribution in [3.8, 4) is 6.07 Å². The fourth-order valence-corrected chi connectivity index (χ4v) is 1.94. The van der Waals surface area contributed by atoms with Crippen molar-refractivity contribution >= 4 is 5.97 Å². The molecular weight excluding hydrogens is 240 g/mol. The molecule has 0 spiro atoms. The zero-order valence-electron chi connectivity index (χ0n) is 11.5. The van der Waals surface area contributed by atoms with E-state index in [9.17, 15) is 4.79 Å². The number of carboxylic acids is 1. The Bertz CT molecular complexity index is 463. The van der Waals surface area contributed by atoms with Gasteiger partial charge in [-0.1, -0.05) is 18.2 Å². The normalized spacial score (nSPS) is 10.7. The van der Waals surface area contributed by atoms with Gasteiger partial charge in [0.2, 0.25) is 0 Å². The highest BCUT2D eigenvalue weighted by molar-refractivity contribution is 5.66. The van der Waals surface area contributed by atoms with E-state index in [1.54, 1.807) is 0 Å². The van der Waals surface area contributed by atoms with E-state index < -0.39 is 5.97 Å². The molecule has 19 heavy (non-hydrogen) atoms. The topological polar surface area (TPSA) is 64.3 Å². The van der Waals surface area contributed by atoms with Crippen LogP contribution in [-0.4, -0.2) is 28.6 Å². The lowest BCUT2D eigenvalue weighted by atomic mass is 10.1. The summed E-state index contributed by atoms with van der Waals surface area (Å²) in [5.74, 6) is -0.763. The molecule has 0 radical (unpaired) electrons. The second-order valence-electron chi connectivity index (χ2n) is 4.83. The Morgan fingerprint density at radius 3 is 2.68 bits per heavy atom. The van der Waals surface area contributed by atoms with Gasteiger partial charge in [0, 0.05) is 19.0 Å². The Morgan fingerprint density at radius 1 is 1.42 bits per heavy atom. The molecule has 4 heteroatoms. The number of carbonyl (C=O) groups is 1. The second kappa shape index (κ2) is 7.55. The SMILES string of the molecule is CC(C)N(CCCC(=O)O)Cc1ccccc1C#N. The summed E-state index contributed by atoms with van der Waals surface area (Å²) >= 11 is 0. The fraction of sp³-hybridized carbons (Fsp3) is 0.467. The molecule has 4 nitrogen and oxygen atoms in total. The Balaban J connectivity index is 2.68. The molecule has 0 bridgehead atoms. The van der Waals surface area contributed by atoms with Crippen molar-refractivity contribution in [1.82, 2.24) is 4.90 Å². The van der Waals surface area contributed by atoms with Gasteiger partial charge in [-0.25, -0.2) is 0 Å². The summed E-state index contributed by atoms with van der Waals surface area (Å²) in [6.45, 7) is 5.57. The second-order valence-corrected chi connectivity index (χ2v) is 4.83. The number of benzene rings is 1. The first kappa shape index (κ1) is 15.2. The van der Waals surface area contributed by atoms with E-state index >= 15 is 0 Å². The number of hydrogen-bond acceptors (Lipinski definition) is 3. The van der Waals surface area contributed by atoms with E-state index in [1.807, 2.05) is 24.3 Å². The summed E-state index contributed by atoms with van der Waals surface area (Å²) in [7, 11) is 0. The lowest BCUT2D eigenvalue weighted by Crippen LogP contribution is -2.31. The van der Waals surface area contributed by atoms with Crippen LogP contribution in [0.3, 0.4) is 0 Å². The first-order valence-corrected chi connectivity index (χ1v) is 6.48. The van der Waals surface area contributed by atoms with Crippen molar-refractivity contribution in [1.29, 1.82) is 5.26 Å². The van der Waals surface area contributed by atoms with Crippen molar-refractivity contribution in [3.05, 3.63) is 35.4 Å². The zero-order chi connectivity index (χ0) is 14.3. The molecule has 1 aromatic rings. The van der Waals surface area contributed by atoms with Gasteiger partial charge in [-0.3, -0.25) is 9.69 Å². The average molecular weight is 260 g/mol. The summed E-state index contributed by atoms with van der Waals surface area (Å²) in [5, 5.41) is 17.7. The summed E-state index contributed by atoms with van der Waals surface area (Å²) in [6, 6.07) is 10.0. The third kappa shape index (κ3) is 5.11. The van der Waals surface area contributed by atoms with Gasteiger partial charge in [0.05, 0.1) is 11.6 Å². The van der Waals surface area contributed by atoms with Crippen molar-refractivity contribution in [2.75, 3.05) is 6.54 Å². The van der Waals surface area contributed by atoms with Crippen LogP contribution in [0.1, 0.15) is 37.8 Å². The zero-order valence-corrected chi connectivity index (χ0v) is 11.5. The maximum atomic E-state index is 10.5. The van der Waals surface area contributed by atoms with Gasteiger partial charge in [0.15, 0.2) is 0 Å². The van der Waals surface area contributed by atoms with Crippen LogP contribution in [0.25, 0.3) is 0 Å². The fourth-order valence-electron chi connectivity index (χ4n) is 1.94. The standard InChI is InChI=1S/C15H20N2O2/c1-12(2)17(9-5-8-15(18)19)11-14-7-4-3-6-13(14)10-16/h3-4,6-7,12H,5,8-9,11H2,1-2H3,(H,18,19). The molecule has 0 heterocycles. The molecule has 0 amide bonds. The monoisotopic (exact) mass is 260 g/mol. The molecule has 0 atom stereocenters. The summed E-state index contributed by atoms with van der Waals surface area (Å²) in [5.41, 5.74) is 1.68. The molecule has 0 aliphatic heterocycles. The van der Waals surface area contributed by atoms with Gasteiger partial charge >= 0.3 is 5.97 Å². The molecule has 1 N–H and O–H groups in total. The number of rotatable bonds is 7. The predicted octanol–water partition coefficient (Wildman–Crippen LogP) is 2.63. The minimum Gasteiger partial charge on any atom is -0.481 e. The van der Waals surface area contributed by atoms with E-state index in [0.29, 0.717) is 24.6 Å². The third-order valence-electron chi connectivity index (χ3n) is 3.08. The van der Waals surface area contributed by atoms with E-state index in [0.717, 1.165) is 12.1 Å². The van der Waals surface area contributed by atoms with Crippen molar-refractivity contribution in [2.45, 2.75) is 39.3 Å². The number of nitriles is 1. The van der Waals surface area contributed by atoms with Crippen molar-refractivity contribution in [2.24, 2.45) is 0 Å². The number of aliphatic carboxylic acids is 1.